The highest BCUT2D eigenvalue weighted by Crippen LogP contribution is 2.20. The molecule has 0 radical (unpaired) electrons. The Balaban J connectivity index is 1.67. The molecule has 0 atom stereocenters. The lowest BCUT2D eigenvalue weighted by Gasteiger charge is -2.28. The molecule has 1 fully saturated rings. The Morgan fingerprint density at radius 2 is 2.05 bits per heavy atom. The van der Waals surface area contributed by atoms with E-state index in [2.05, 4.69) is 42.2 Å². The largest absolute Gasteiger partial charge is 0.378 e. The van der Waals surface area contributed by atoms with E-state index in [0.717, 1.165) is 49.0 Å². The zero-order chi connectivity index (χ0) is 14.5. The predicted octanol–water partition coefficient (Wildman–Crippen LogP) is 2.69. The SMILES string of the molecule is Brc1cccnc1NCc1ccnc(N2CCOCC2)c1. The summed E-state index contributed by atoms with van der Waals surface area (Å²) >= 11 is 3.49. The molecule has 0 saturated carbocycles. The van der Waals surface area contributed by atoms with Crippen molar-refractivity contribution in [2.24, 2.45) is 0 Å². The molecule has 0 bridgehead atoms. The number of rotatable bonds is 4. The predicted molar refractivity (Wildman–Crippen MR) is 86.5 cm³/mol. The molecule has 5 nitrogen and oxygen atoms in total. The highest BCUT2D eigenvalue weighted by molar-refractivity contribution is 9.10. The summed E-state index contributed by atoms with van der Waals surface area (Å²) in [6.07, 6.45) is 3.63. The molecular formula is C15H17BrN4O. The molecule has 3 heterocycles. The van der Waals surface area contributed by atoms with Gasteiger partial charge in [-0.25, -0.2) is 9.97 Å². The minimum absolute atomic E-state index is 0.718. The van der Waals surface area contributed by atoms with Crippen LogP contribution < -0.4 is 10.2 Å². The van der Waals surface area contributed by atoms with E-state index >= 15 is 0 Å². The number of halogens is 1. The lowest BCUT2D eigenvalue weighted by atomic mass is 10.2. The zero-order valence-corrected chi connectivity index (χ0v) is 13.2. The second-order valence-corrected chi connectivity index (χ2v) is 5.66. The van der Waals surface area contributed by atoms with Gasteiger partial charge in [-0.05, 0) is 45.8 Å². The van der Waals surface area contributed by atoms with Crippen LogP contribution in [0.2, 0.25) is 0 Å². The molecule has 6 heteroatoms. The van der Waals surface area contributed by atoms with Crippen molar-refractivity contribution >= 4 is 27.6 Å². The summed E-state index contributed by atoms with van der Waals surface area (Å²) in [4.78, 5) is 11.0. The van der Waals surface area contributed by atoms with E-state index in [9.17, 15) is 0 Å². The van der Waals surface area contributed by atoms with Crippen molar-refractivity contribution in [1.29, 1.82) is 0 Å². The fraction of sp³-hybridized carbons (Fsp3) is 0.333. The first-order chi connectivity index (χ1) is 10.3. The maximum Gasteiger partial charge on any atom is 0.140 e. The molecule has 1 N–H and O–H groups in total. The number of hydrogen-bond acceptors (Lipinski definition) is 5. The summed E-state index contributed by atoms with van der Waals surface area (Å²) in [6, 6.07) is 8.02. The number of aromatic nitrogens is 2. The first-order valence-electron chi connectivity index (χ1n) is 6.95. The van der Waals surface area contributed by atoms with Gasteiger partial charge >= 0.3 is 0 Å². The van der Waals surface area contributed by atoms with Crippen molar-refractivity contribution in [3.8, 4) is 0 Å². The maximum absolute atomic E-state index is 5.37. The normalized spacial score (nSPS) is 15.0. The lowest BCUT2D eigenvalue weighted by Crippen LogP contribution is -2.36. The van der Waals surface area contributed by atoms with Gasteiger partial charge in [0.1, 0.15) is 11.6 Å². The number of pyridine rings is 2. The Kier molecular flexibility index (Phi) is 4.67. The number of morpholine rings is 1. The van der Waals surface area contributed by atoms with Gasteiger partial charge in [0.15, 0.2) is 0 Å². The zero-order valence-electron chi connectivity index (χ0n) is 11.6. The third-order valence-corrected chi connectivity index (χ3v) is 4.00. The summed E-state index contributed by atoms with van der Waals surface area (Å²) in [5, 5.41) is 3.33. The molecule has 0 spiro atoms. The van der Waals surface area contributed by atoms with E-state index in [0.29, 0.717) is 0 Å². The van der Waals surface area contributed by atoms with Crippen LogP contribution in [0.4, 0.5) is 11.6 Å². The first kappa shape index (κ1) is 14.3. The Morgan fingerprint density at radius 1 is 1.19 bits per heavy atom. The maximum atomic E-state index is 5.37. The summed E-state index contributed by atoms with van der Waals surface area (Å²) in [5.74, 6) is 1.86. The molecule has 0 unspecified atom stereocenters. The number of nitrogens with zero attached hydrogens (tertiary/aromatic N) is 3. The summed E-state index contributed by atoms with van der Waals surface area (Å²) in [6.45, 7) is 4.05. The first-order valence-corrected chi connectivity index (χ1v) is 7.74. The van der Waals surface area contributed by atoms with Crippen LogP contribution in [0.15, 0.2) is 41.1 Å². The Bertz CT molecular complexity index is 602. The second-order valence-electron chi connectivity index (χ2n) is 4.81. The van der Waals surface area contributed by atoms with E-state index in [4.69, 9.17) is 4.74 Å². The number of hydrogen-bond donors (Lipinski definition) is 1. The summed E-state index contributed by atoms with van der Waals surface area (Å²) in [5.41, 5.74) is 1.18. The van der Waals surface area contributed by atoms with Crippen molar-refractivity contribution in [2.75, 3.05) is 36.5 Å². The van der Waals surface area contributed by atoms with E-state index in [1.807, 2.05) is 24.4 Å². The second kappa shape index (κ2) is 6.87. The quantitative estimate of drug-likeness (QED) is 0.920. The molecule has 110 valence electrons. The molecular weight excluding hydrogens is 332 g/mol. The molecule has 0 aliphatic carbocycles. The van der Waals surface area contributed by atoms with E-state index in [1.54, 1.807) is 6.20 Å². The Labute approximate surface area is 132 Å². The van der Waals surface area contributed by atoms with Crippen LogP contribution in [-0.2, 0) is 11.3 Å². The molecule has 2 aromatic heterocycles. The fourth-order valence-electron chi connectivity index (χ4n) is 2.24. The van der Waals surface area contributed by atoms with Gasteiger partial charge in [0.2, 0.25) is 0 Å². The van der Waals surface area contributed by atoms with Gasteiger partial charge in [-0.15, -0.1) is 0 Å². The highest BCUT2D eigenvalue weighted by Gasteiger charge is 2.12. The van der Waals surface area contributed by atoms with Crippen molar-refractivity contribution in [2.45, 2.75) is 6.54 Å². The van der Waals surface area contributed by atoms with Crippen LogP contribution in [-0.4, -0.2) is 36.3 Å². The van der Waals surface area contributed by atoms with E-state index in [-0.39, 0.29) is 0 Å². The van der Waals surface area contributed by atoms with Crippen LogP contribution in [0.25, 0.3) is 0 Å². The average Bonchev–Trinajstić information content (AvgIpc) is 2.55. The van der Waals surface area contributed by atoms with Crippen LogP contribution in [0.3, 0.4) is 0 Å². The van der Waals surface area contributed by atoms with E-state index in [1.165, 1.54) is 5.56 Å². The van der Waals surface area contributed by atoms with Gasteiger partial charge < -0.3 is 15.0 Å². The average molecular weight is 349 g/mol. The fourth-order valence-corrected chi connectivity index (χ4v) is 2.63. The van der Waals surface area contributed by atoms with Gasteiger partial charge in [-0.1, -0.05) is 0 Å². The van der Waals surface area contributed by atoms with Crippen molar-refractivity contribution < 1.29 is 4.74 Å². The van der Waals surface area contributed by atoms with Crippen LogP contribution >= 0.6 is 15.9 Å². The summed E-state index contributed by atoms with van der Waals surface area (Å²) < 4.78 is 6.34. The molecule has 21 heavy (non-hydrogen) atoms. The molecule has 0 aromatic carbocycles. The Morgan fingerprint density at radius 3 is 2.86 bits per heavy atom. The molecule has 1 aliphatic rings. The molecule has 1 aliphatic heterocycles. The Hall–Kier alpha value is -1.66. The topological polar surface area (TPSA) is 50.3 Å². The number of nitrogens with one attached hydrogen (secondary N) is 1. The van der Waals surface area contributed by atoms with Gasteiger partial charge in [-0.3, -0.25) is 0 Å². The van der Waals surface area contributed by atoms with Gasteiger partial charge in [0.05, 0.1) is 17.7 Å². The third-order valence-electron chi connectivity index (χ3n) is 3.36. The highest BCUT2D eigenvalue weighted by atomic mass is 79.9. The van der Waals surface area contributed by atoms with Gasteiger partial charge in [-0.2, -0.15) is 0 Å². The minimum atomic E-state index is 0.718. The third kappa shape index (κ3) is 3.71. The van der Waals surface area contributed by atoms with Crippen LogP contribution in [0.1, 0.15) is 5.56 Å². The van der Waals surface area contributed by atoms with Crippen molar-refractivity contribution in [3.63, 3.8) is 0 Å². The monoisotopic (exact) mass is 348 g/mol. The van der Waals surface area contributed by atoms with E-state index < -0.39 is 0 Å². The molecule has 3 rings (SSSR count). The lowest BCUT2D eigenvalue weighted by molar-refractivity contribution is 0.122. The van der Waals surface area contributed by atoms with Crippen molar-refractivity contribution in [3.05, 3.63) is 46.7 Å². The number of ether oxygens (including phenoxy) is 1. The standard InChI is InChI=1S/C15H17BrN4O/c16-13-2-1-4-18-15(13)19-11-12-3-5-17-14(10-12)20-6-8-21-9-7-20/h1-5,10H,6-9,11H2,(H,18,19). The molecule has 0 amide bonds. The molecule has 2 aromatic rings. The van der Waals surface area contributed by atoms with Gasteiger partial charge in [0, 0.05) is 32.0 Å². The summed E-state index contributed by atoms with van der Waals surface area (Å²) in [7, 11) is 0. The van der Waals surface area contributed by atoms with Crippen LogP contribution in [0, 0.1) is 0 Å². The van der Waals surface area contributed by atoms with Crippen LogP contribution in [0.5, 0.6) is 0 Å². The molecule has 1 saturated heterocycles. The smallest absolute Gasteiger partial charge is 0.140 e. The number of anilines is 2. The van der Waals surface area contributed by atoms with Gasteiger partial charge in [0.25, 0.3) is 0 Å². The minimum Gasteiger partial charge on any atom is -0.378 e. The van der Waals surface area contributed by atoms with Crippen molar-refractivity contribution in [1.82, 2.24) is 9.97 Å².